The van der Waals surface area contributed by atoms with Crippen LogP contribution in [0.3, 0.4) is 0 Å². The molecule has 0 atom stereocenters. The van der Waals surface area contributed by atoms with Crippen LogP contribution in [0.5, 0.6) is 11.6 Å². The van der Waals surface area contributed by atoms with Gasteiger partial charge in [-0.15, -0.1) is 10.2 Å². The Kier molecular flexibility index (Phi) is 3.33. The smallest absolute Gasteiger partial charge is 0.238 e. The van der Waals surface area contributed by atoms with E-state index in [-0.39, 0.29) is 0 Å². The van der Waals surface area contributed by atoms with E-state index in [1.807, 2.05) is 18.2 Å². The van der Waals surface area contributed by atoms with Crippen molar-refractivity contribution < 1.29 is 4.74 Å². The summed E-state index contributed by atoms with van der Waals surface area (Å²) in [6.45, 7) is 0. The third-order valence-electron chi connectivity index (χ3n) is 1.57. The fraction of sp³-hybridized carbons (Fsp3) is 0. The molecule has 1 radical (unpaired) electrons. The molecule has 0 amide bonds. The molecule has 0 aliphatic heterocycles. The molecule has 3 nitrogen and oxygen atoms in total. The summed E-state index contributed by atoms with van der Waals surface area (Å²) in [4.78, 5) is 0. The van der Waals surface area contributed by atoms with Gasteiger partial charge in [-0.3, -0.25) is 0 Å². The highest BCUT2D eigenvalue weighted by Gasteiger charge is 2.01. The number of benzene rings is 1. The van der Waals surface area contributed by atoms with Gasteiger partial charge in [0, 0.05) is 15.0 Å². The van der Waals surface area contributed by atoms with Gasteiger partial charge >= 0.3 is 0 Å². The summed E-state index contributed by atoms with van der Waals surface area (Å²) < 4.78 is 7.35. The van der Waals surface area contributed by atoms with Crippen molar-refractivity contribution >= 4 is 31.9 Å². The number of rotatable bonds is 2. The van der Waals surface area contributed by atoms with Crippen LogP contribution in [0.15, 0.2) is 39.3 Å². The van der Waals surface area contributed by atoms with Gasteiger partial charge in [-0.2, -0.15) is 0 Å². The molecule has 1 aromatic carbocycles. The van der Waals surface area contributed by atoms with Gasteiger partial charge in [0.2, 0.25) is 5.88 Å². The monoisotopic (exact) mass is 327 g/mol. The first-order chi connectivity index (χ1) is 7.24. The molecule has 0 fully saturated rings. The number of halogens is 2. The maximum atomic E-state index is 5.49. The van der Waals surface area contributed by atoms with E-state index in [9.17, 15) is 0 Å². The zero-order chi connectivity index (χ0) is 10.7. The van der Waals surface area contributed by atoms with Crippen LogP contribution in [-0.2, 0) is 0 Å². The lowest BCUT2D eigenvalue weighted by atomic mass is 10.3. The summed E-state index contributed by atoms with van der Waals surface area (Å²) >= 11 is 6.75. The Morgan fingerprint density at radius 2 is 1.87 bits per heavy atom. The predicted octanol–water partition coefficient (Wildman–Crippen LogP) is 3.59. The van der Waals surface area contributed by atoms with Crippen LogP contribution in [-0.4, -0.2) is 10.2 Å². The molecule has 0 aliphatic carbocycles. The van der Waals surface area contributed by atoms with Gasteiger partial charge in [-0.1, -0.05) is 31.9 Å². The first-order valence-corrected chi connectivity index (χ1v) is 5.66. The Morgan fingerprint density at radius 3 is 2.47 bits per heavy atom. The summed E-state index contributed by atoms with van der Waals surface area (Å²) in [6, 6.07) is 8.97. The molecule has 0 spiro atoms. The molecule has 0 aliphatic rings. The highest BCUT2D eigenvalue weighted by molar-refractivity contribution is 9.11. The fourth-order valence-corrected chi connectivity index (χ4v) is 2.27. The minimum atomic E-state index is 0.443. The van der Waals surface area contributed by atoms with Gasteiger partial charge in [-0.05, 0) is 24.3 Å². The van der Waals surface area contributed by atoms with E-state index in [0.717, 1.165) is 8.95 Å². The van der Waals surface area contributed by atoms with Gasteiger partial charge < -0.3 is 4.74 Å². The molecule has 0 N–H and O–H groups in total. The molecule has 2 aromatic rings. The van der Waals surface area contributed by atoms with Crippen LogP contribution in [0.1, 0.15) is 0 Å². The maximum Gasteiger partial charge on any atom is 0.238 e. The molecule has 2 rings (SSSR count). The molecule has 15 heavy (non-hydrogen) atoms. The first kappa shape index (κ1) is 10.6. The molecule has 1 aromatic heterocycles. The molecule has 1 heterocycles. The lowest BCUT2D eigenvalue weighted by Crippen LogP contribution is -1.89. The second-order valence-electron chi connectivity index (χ2n) is 2.71. The minimum Gasteiger partial charge on any atom is -0.437 e. The van der Waals surface area contributed by atoms with Gasteiger partial charge in [0.15, 0.2) is 0 Å². The number of hydrogen-bond donors (Lipinski definition) is 0. The van der Waals surface area contributed by atoms with E-state index in [1.165, 1.54) is 0 Å². The summed E-state index contributed by atoms with van der Waals surface area (Å²) in [6.07, 6.45) is 2.58. The van der Waals surface area contributed by atoms with Crippen LogP contribution >= 0.6 is 31.9 Å². The van der Waals surface area contributed by atoms with Gasteiger partial charge in [-0.25, -0.2) is 0 Å². The third-order valence-corrected chi connectivity index (χ3v) is 2.48. The summed E-state index contributed by atoms with van der Waals surface area (Å²) in [5, 5.41) is 7.38. The van der Waals surface area contributed by atoms with E-state index in [2.05, 4.69) is 48.3 Å². The molecule has 5 heteroatoms. The normalized spacial score (nSPS) is 10.0. The first-order valence-electron chi connectivity index (χ1n) is 4.08. The SMILES string of the molecule is Brc1cc(Br)cc(Oc2cc[c]nn2)c1. The highest BCUT2D eigenvalue weighted by Crippen LogP contribution is 2.27. The molecule has 75 valence electrons. The third kappa shape index (κ3) is 3.00. The van der Waals surface area contributed by atoms with Crippen LogP contribution < -0.4 is 4.74 Å². The molecule has 0 saturated heterocycles. The van der Waals surface area contributed by atoms with Gasteiger partial charge in [0.1, 0.15) is 11.9 Å². The average Bonchev–Trinajstić information content (AvgIpc) is 2.17. The van der Waals surface area contributed by atoms with Crippen LogP contribution in [0.25, 0.3) is 0 Å². The van der Waals surface area contributed by atoms with Crippen LogP contribution in [0.2, 0.25) is 0 Å². The minimum absolute atomic E-state index is 0.443. The largest absolute Gasteiger partial charge is 0.437 e. The number of ether oxygens (including phenoxy) is 1. The molecule has 0 saturated carbocycles. The van der Waals surface area contributed by atoms with Gasteiger partial charge in [0.25, 0.3) is 0 Å². The zero-order valence-corrected chi connectivity index (χ0v) is 10.6. The fourth-order valence-electron chi connectivity index (χ4n) is 1.02. The quantitative estimate of drug-likeness (QED) is 0.845. The van der Waals surface area contributed by atoms with Crippen molar-refractivity contribution in [3.63, 3.8) is 0 Å². The summed E-state index contributed by atoms with van der Waals surface area (Å²) in [5.41, 5.74) is 0. The second kappa shape index (κ2) is 4.72. The van der Waals surface area contributed by atoms with Crippen LogP contribution in [0, 0.1) is 6.20 Å². The van der Waals surface area contributed by atoms with Crippen molar-refractivity contribution in [2.24, 2.45) is 0 Å². The molecule has 0 unspecified atom stereocenters. The standard InChI is InChI=1S/C10H5Br2N2O/c11-7-4-8(12)6-9(5-7)15-10-2-1-3-13-14-10/h1-2,4-6H. The van der Waals surface area contributed by atoms with Crippen molar-refractivity contribution in [2.45, 2.75) is 0 Å². The zero-order valence-electron chi connectivity index (χ0n) is 7.45. The lowest BCUT2D eigenvalue weighted by Gasteiger charge is -2.04. The van der Waals surface area contributed by atoms with E-state index < -0.39 is 0 Å². The van der Waals surface area contributed by atoms with E-state index in [4.69, 9.17) is 4.74 Å². The van der Waals surface area contributed by atoms with Crippen molar-refractivity contribution in [2.75, 3.05) is 0 Å². The Bertz CT molecular complexity index is 442. The molecule has 0 bridgehead atoms. The van der Waals surface area contributed by atoms with Gasteiger partial charge in [0.05, 0.1) is 0 Å². The predicted molar refractivity (Wildman–Crippen MR) is 62.8 cm³/mol. The van der Waals surface area contributed by atoms with Crippen LogP contribution in [0.4, 0.5) is 0 Å². The van der Waals surface area contributed by atoms with Crippen molar-refractivity contribution in [3.05, 3.63) is 45.5 Å². The highest BCUT2D eigenvalue weighted by atomic mass is 79.9. The topological polar surface area (TPSA) is 35.0 Å². The second-order valence-corrected chi connectivity index (χ2v) is 4.54. The van der Waals surface area contributed by atoms with Crippen molar-refractivity contribution in [1.82, 2.24) is 10.2 Å². The van der Waals surface area contributed by atoms with E-state index in [0.29, 0.717) is 11.6 Å². The number of nitrogens with zero attached hydrogens (tertiary/aromatic N) is 2. The Morgan fingerprint density at radius 1 is 1.13 bits per heavy atom. The number of aromatic nitrogens is 2. The van der Waals surface area contributed by atoms with E-state index >= 15 is 0 Å². The Hall–Kier alpha value is -0.940. The average molecular weight is 329 g/mol. The number of hydrogen-bond acceptors (Lipinski definition) is 3. The summed E-state index contributed by atoms with van der Waals surface area (Å²) in [5.74, 6) is 1.13. The lowest BCUT2D eigenvalue weighted by molar-refractivity contribution is 0.454. The maximum absolute atomic E-state index is 5.49. The van der Waals surface area contributed by atoms with Crippen molar-refractivity contribution in [3.8, 4) is 11.6 Å². The Balaban J connectivity index is 2.25. The Labute approximate surface area is 104 Å². The molecular formula is C10H5Br2N2O. The van der Waals surface area contributed by atoms with Crippen molar-refractivity contribution in [1.29, 1.82) is 0 Å². The summed E-state index contributed by atoms with van der Waals surface area (Å²) in [7, 11) is 0. The molecular weight excluding hydrogens is 324 g/mol. The van der Waals surface area contributed by atoms with E-state index in [1.54, 1.807) is 12.1 Å².